The van der Waals surface area contributed by atoms with Crippen LogP contribution < -0.4 is 0 Å². The second-order valence-corrected chi connectivity index (χ2v) is 2.01. The minimum absolute atomic E-state index is 1.16. The van der Waals surface area contributed by atoms with Crippen LogP contribution in [0.5, 0.6) is 0 Å². The van der Waals surface area contributed by atoms with Gasteiger partial charge in [-0.3, -0.25) is 0 Å². The van der Waals surface area contributed by atoms with E-state index in [1.165, 1.54) is 0 Å². The van der Waals surface area contributed by atoms with Crippen LogP contribution in [-0.4, -0.2) is 25.0 Å². The zero-order valence-electron chi connectivity index (χ0n) is 6.03. The summed E-state index contributed by atoms with van der Waals surface area (Å²) in [7, 11) is 2.11. The highest BCUT2D eigenvalue weighted by Crippen LogP contribution is 1.78. The normalized spacial score (nSPS) is 8.67. The molecule has 4 heteroatoms. The van der Waals surface area contributed by atoms with Crippen LogP contribution in [-0.2, 0) is 3.84 Å². The first-order chi connectivity index (χ1) is 4.22. The highest BCUT2D eigenvalue weighted by molar-refractivity contribution is 6.24. The van der Waals surface area contributed by atoms with Gasteiger partial charge in [-0.05, 0) is 20.1 Å². The minimum Gasteiger partial charge on any atom is -0.307 e. The van der Waals surface area contributed by atoms with Gasteiger partial charge in [-0.25, -0.2) is 0 Å². The Kier molecular flexibility index (Phi) is 15.3. The Balaban J connectivity index is 0. The molecular weight excluding hydrogens is 161 g/mol. The van der Waals surface area contributed by atoms with Crippen molar-refractivity contribution in [3.63, 3.8) is 0 Å². The number of hydrogen-bond donors (Lipinski definition) is 0. The molecule has 9 heavy (non-hydrogen) atoms. The van der Waals surface area contributed by atoms with E-state index in [9.17, 15) is 0 Å². The lowest BCUT2D eigenvalue weighted by atomic mass is 10.6. The molecule has 0 rings (SSSR count). The topological polar surface area (TPSA) is 12.5 Å². The molecule has 0 bridgehead atoms. The molecule has 0 atom stereocenters. The van der Waals surface area contributed by atoms with Crippen molar-refractivity contribution < 1.29 is 3.84 Å². The van der Waals surface area contributed by atoms with Crippen molar-refractivity contribution in [2.24, 2.45) is 0 Å². The van der Waals surface area contributed by atoms with Crippen LogP contribution in [0, 0.1) is 0 Å². The number of nitrogens with zero attached hydrogens (tertiary/aromatic N) is 1. The second kappa shape index (κ2) is 11.3. The summed E-state index contributed by atoms with van der Waals surface area (Å²) in [5.41, 5.74) is 0. The average molecular weight is 174 g/mol. The molecule has 0 saturated heterocycles. The van der Waals surface area contributed by atoms with Gasteiger partial charge in [0.05, 0.1) is 23.7 Å². The van der Waals surface area contributed by atoms with Crippen LogP contribution >= 0.6 is 23.7 Å². The summed E-state index contributed by atoms with van der Waals surface area (Å²) < 4.78 is 3.19. The zero-order valence-corrected chi connectivity index (χ0v) is 7.54. The van der Waals surface area contributed by atoms with Crippen LogP contribution in [0.1, 0.15) is 13.8 Å². The molecule has 0 radical (unpaired) electrons. The predicted molar refractivity (Wildman–Crippen MR) is 41.6 cm³/mol. The summed E-state index contributed by atoms with van der Waals surface area (Å²) in [5.74, 6) is 0. The smallest absolute Gasteiger partial charge is 0.0832 e. The van der Waals surface area contributed by atoms with Crippen LogP contribution in [0.15, 0.2) is 0 Å². The molecule has 0 amide bonds. The highest BCUT2D eigenvalue weighted by atomic mass is 35.6. The van der Waals surface area contributed by atoms with Gasteiger partial charge < -0.3 is 4.90 Å². The van der Waals surface area contributed by atoms with E-state index in [1.807, 2.05) is 0 Å². The Morgan fingerprint density at radius 3 is 1.44 bits per heavy atom. The Morgan fingerprint density at radius 2 is 1.44 bits per heavy atom. The average Bonchev–Trinajstić information content (AvgIpc) is 1.88. The highest BCUT2D eigenvalue weighted by Gasteiger charge is 1.81. The van der Waals surface area contributed by atoms with E-state index in [-0.39, 0.29) is 0 Å². The molecule has 0 aliphatic heterocycles. The summed E-state index contributed by atoms with van der Waals surface area (Å²) in [6.45, 7) is 6.64. The zero-order chi connectivity index (χ0) is 7.70. The van der Waals surface area contributed by atoms with Crippen molar-refractivity contribution in [3.8, 4) is 0 Å². The maximum absolute atomic E-state index is 4.26. The molecule has 2 nitrogen and oxygen atoms in total. The Labute approximate surface area is 67.0 Å². The van der Waals surface area contributed by atoms with Gasteiger partial charge in [-0.2, -0.15) is 3.84 Å². The first-order valence-electron chi connectivity index (χ1n) is 2.80. The lowest BCUT2D eigenvalue weighted by Crippen LogP contribution is -2.15. The van der Waals surface area contributed by atoms with Gasteiger partial charge >= 0.3 is 0 Å². The number of rotatable bonds is 2. The van der Waals surface area contributed by atoms with E-state index < -0.39 is 0 Å². The maximum Gasteiger partial charge on any atom is 0.0832 e. The molecule has 0 fully saturated rings. The van der Waals surface area contributed by atoms with Crippen LogP contribution in [0.2, 0.25) is 0 Å². The van der Waals surface area contributed by atoms with Gasteiger partial charge in [0.2, 0.25) is 0 Å². The molecule has 0 aliphatic rings. The molecule has 0 aromatic rings. The maximum atomic E-state index is 4.26. The predicted octanol–water partition coefficient (Wildman–Crippen LogP) is 2.27. The molecule has 58 valence electrons. The van der Waals surface area contributed by atoms with Crippen molar-refractivity contribution in [1.82, 2.24) is 4.90 Å². The molecule has 0 saturated carbocycles. The van der Waals surface area contributed by atoms with Crippen LogP contribution in [0.25, 0.3) is 0 Å². The fourth-order valence-corrected chi connectivity index (χ4v) is 0.224. The monoisotopic (exact) mass is 173 g/mol. The molecule has 0 spiro atoms. The van der Waals surface area contributed by atoms with Gasteiger partial charge in [0.1, 0.15) is 0 Å². The van der Waals surface area contributed by atoms with Crippen LogP contribution in [0.4, 0.5) is 0 Å². The van der Waals surface area contributed by atoms with Gasteiger partial charge in [-0.1, -0.05) is 13.8 Å². The summed E-state index contributed by atoms with van der Waals surface area (Å²) in [6, 6.07) is 0. The lowest BCUT2D eigenvalue weighted by molar-refractivity contribution is 0.373. The first-order valence-corrected chi connectivity index (χ1v) is 3.42. The fourth-order valence-electron chi connectivity index (χ4n) is 0.224. The fraction of sp³-hybridized carbons (Fsp3) is 1.00. The molecule has 0 aromatic heterocycles. The molecule has 0 N–H and O–H groups in total. The summed E-state index contributed by atoms with van der Waals surface area (Å²) in [5, 5.41) is 0. The van der Waals surface area contributed by atoms with E-state index >= 15 is 0 Å². The molecule has 0 aromatic carbocycles. The van der Waals surface area contributed by atoms with Gasteiger partial charge in [0.15, 0.2) is 0 Å². The van der Waals surface area contributed by atoms with E-state index in [1.54, 1.807) is 0 Å². The molecule has 0 aliphatic carbocycles. The Morgan fingerprint density at radius 1 is 1.22 bits per heavy atom. The third-order valence-corrected chi connectivity index (χ3v) is 1.08. The summed E-state index contributed by atoms with van der Waals surface area (Å²) >= 11 is 8.53. The molecule has 0 unspecified atom stereocenters. The van der Waals surface area contributed by atoms with Gasteiger partial charge in [0.25, 0.3) is 0 Å². The Hall–Kier alpha value is 0.500. The van der Waals surface area contributed by atoms with Gasteiger partial charge in [-0.15, -0.1) is 0 Å². The first kappa shape index (κ1) is 12.2. The number of halogens is 2. The van der Waals surface area contributed by atoms with Crippen molar-refractivity contribution >= 4 is 23.7 Å². The standard InChI is InChI=1S/C5H13N.Cl2O/c1-4-6(3)5-2;1-3-2/h4-5H2,1-3H3;. The third-order valence-electron chi connectivity index (χ3n) is 1.08. The largest absolute Gasteiger partial charge is 0.307 e. The summed E-state index contributed by atoms with van der Waals surface area (Å²) in [4.78, 5) is 2.25. The SMILES string of the molecule is CCN(C)CC.ClOCl. The third kappa shape index (κ3) is 17.7. The van der Waals surface area contributed by atoms with Crippen molar-refractivity contribution in [2.75, 3.05) is 20.1 Å². The van der Waals surface area contributed by atoms with E-state index in [0.29, 0.717) is 0 Å². The van der Waals surface area contributed by atoms with E-state index in [2.05, 4.69) is 53.4 Å². The van der Waals surface area contributed by atoms with Crippen molar-refractivity contribution in [2.45, 2.75) is 13.8 Å². The van der Waals surface area contributed by atoms with Crippen LogP contribution in [0.3, 0.4) is 0 Å². The summed E-state index contributed by atoms with van der Waals surface area (Å²) in [6.07, 6.45) is 0. The van der Waals surface area contributed by atoms with Crippen molar-refractivity contribution in [1.29, 1.82) is 0 Å². The number of hydrogen-bond acceptors (Lipinski definition) is 2. The second-order valence-electron chi connectivity index (χ2n) is 1.55. The Bertz CT molecular complexity index is 41.9. The minimum atomic E-state index is 1.16. The quantitative estimate of drug-likeness (QED) is 0.636. The molecule has 0 heterocycles. The van der Waals surface area contributed by atoms with E-state index in [4.69, 9.17) is 0 Å². The van der Waals surface area contributed by atoms with Gasteiger partial charge in [0, 0.05) is 0 Å². The molecular formula is C5H13Cl2NO. The van der Waals surface area contributed by atoms with Crippen molar-refractivity contribution in [3.05, 3.63) is 0 Å². The van der Waals surface area contributed by atoms with E-state index in [0.717, 1.165) is 13.1 Å². The lowest BCUT2D eigenvalue weighted by Gasteiger charge is -2.07.